The molecule has 5 rings (SSSR count). The van der Waals surface area contributed by atoms with Gasteiger partial charge in [-0.2, -0.15) is 0 Å². The first-order chi connectivity index (χ1) is 15.5. The molecule has 1 saturated heterocycles. The number of rotatable bonds is 4. The lowest BCUT2D eigenvalue weighted by Gasteiger charge is -2.23. The minimum atomic E-state index is -0.284. The van der Waals surface area contributed by atoms with E-state index in [2.05, 4.69) is 10.2 Å². The van der Waals surface area contributed by atoms with Crippen LogP contribution in [0.2, 0.25) is 0 Å². The monoisotopic (exact) mass is 430 g/mol. The number of aryl methyl sites for hydroxylation is 1. The van der Waals surface area contributed by atoms with Gasteiger partial charge in [0.2, 0.25) is 5.91 Å². The van der Waals surface area contributed by atoms with E-state index in [1.54, 1.807) is 11.7 Å². The number of likely N-dealkylation sites (tertiary alicyclic amines) is 1. The minimum absolute atomic E-state index is 0.120. The van der Waals surface area contributed by atoms with Gasteiger partial charge in [-0.25, -0.2) is 0 Å². The van der Waals surface area contributed by atoms with Crippen molar-refractivity contribution in [2.45, 2.75) is 38.1 Å². The number of methoxy groups -OCH3 is 1. The molecule has 1 spiro atoms. The standard InChI is InChI=1S/C25H26N4O3/c1-17-3-5-18(6-4-17)15-21(30)28-13-11-25(16-28)12-14-29-23(31)22(26-27-24(25)29)19-7-9-20(32-2)10-8-19/h3-10H,11-16H2,1-2H3/t25-/m0/s1. The van der Waals surface area contributed by atoms with Crippen molar-refractivity contribution in [1.82, 2.24) is 19.7 Å². The number of carbonyl (C=O) groups is 1. The molecule has 164 valence electrons. The maximum atomic E-state index is 13.2. The summed E-state index contributed by atoms with van der Waals surface area (Å²) < 4.78 is 6.94. The van der Waals surface area contributed by atoms with Crippen molar-refractivity contribution in [2.75, 3.05) is 20.2 Å². The molecule has 0 N–H and O–H groups in total. The Hall–Kier alpha value is -3.48. The zero-order chi connectivity index (χ0) is 22.3. The Morgan fingerprint density at radius 2 is 1.75 bits per heavy atom. The summed E-state index contributed by atoms with van der Waals surface area (Å²) in [6.45, 7) is 3.91. The van der Waals surface area contributed by atoms with Crippen molar-refractivity contribution in [1.29, 1.82) is 0 Å². The van der Waals surface area contributed by atoms with Crippen LogP contribution in [0.15, 0.2) is 53.3 Å². The van der Waals surface area contributed by atoms with Crippen LogP contribution in [0.3, 0.4) is 0 Å². The van der Waals surface area contributed by atoms with Gasteiger partial charge in [0.25, 0.3) is 5.56 Å². The molecule has 7 nitrogen and oxygen atoms in total. The summed E-state index contributed by atoms with van der Waals surface area (Å²) in [4.78, 5) is 28.0. The van der Waals surface area contributed by atoms with E-state index in [4.69, 9.17) is 4.74 Å². The number of hydrogen-bond donors (Lipinski definition) is 0. The second-order valence-electron chi connectivity index (χ2n) is 8.82. The van der Waals surface area contributed by atoms with Crippen molar-refractivity contribution in [2.24, 2.45) is 0 Å². The van der Waals surface area contributed by atoms with Gasteiger partial charge in [0.15, 0.2) is 5.69 Å². The number of carbonyl (C=O) groups excluding carboxylic acids is 1. The van der Waals surface area contributed by atoms with Gasteiger partial charge >= 0.3 is 0 Å². The molecule has 7 heteroatoms. The lowest BCUT2D eigenvalue weighted by Crippen LogP contribution is -2.36. The topological polar surface area (TPSA) is 77.3 Å². The summed E-state index contributed by atoms with van der Waals surface area (Å²) in [7, 11) is 1.61. The highest BCUT2D eigenvalue weighted by Gasteiger charge is 2.48. The number of nitrogens with zero attached hydrogens (tertiary/aromatic N) is 4. The van der Waals surface area contributed by atoms with E-state index in [1.807, 2.05) is 60.4 Å². The molecule has 2 aromatic carbocycles. The molecule has 0 radical (unpaired) electrons. The lowest BCUT2D eigenvalue weighted by molar-refractivity contribution is -0.129. The average Bonchev–Trinajstić information content (AvgIpc) is 3.41. The van der Waals surface area contributed by atoms with Crippen molar-refractivity contribution < 1.29 is 9.53 Å². The molecule has 32 heavy (non-hydrogen) atoms. The second kappa shape index (κ2) is 7.89. The van der Waals surface area contributed by atoms with E-state index in [-0.39, 0.29) is 16.9 Å². The van der Waals surface area contributed by atoms with Gasteiger partial charge in [-0.3, -0.25) is 14.2 Å². The minimum Gasteiger partial charge on any atom is -0.497 e. The van der Waals surface area contributed by atoms with Gasteiger partial charge in [0, 0.05) is 25.2 Å². The predicted molar refractivity (Wildman–Crippen MR) is 121 cm³/mol. The molecule has 2 aliphatic heterocycles. The Balaban J connectivity index is 1.37. The molecule has 1 amide bonds. The number of ether oxygens (including phenoxy) is 1. The first-order valence-electron chi connectivity index (χ1n) is 10.9. The van der Waals surface area contributed by atoms with Gasteiger partial charge in [0.05, 0.1) is 18.9 Å². The molecule has 0 saturated carbocycles. The molecule has 3 heterocycles. The summed E-state index contributed by atoms with van der Waals surface area (Å²) in [5, 5.41) is 8.82. The van der Waals surface area contributed by atoms with Crippen molar-refractivity contribution in [3.63, 3.8) is 0 Å². The van der Waals surface area contributed by atoms with E-state index >= 15 is 0 Å². The molecule has 0 unspecified atom stereocenters. The summed E-state index contributed by atoms with van der Waals surface area (Å²) in [6.07, 6.45) is 2.01. The van der Waals surface area contributed by atoms with Crippen LogP contribution in [-0.4, -0.2) is 45.8 Å². The van der Waals surface area contributed by atoms with Gasteiger partial charge in [-0.05, 0) is 49.6 Å². The van der Waals surface area contributed by atoms with Crippen LogP contribution >= 0.6 is 0 Å². The molecule has 1 atom stereocenters. The Morgan fingerprint density at radius 3 is 2.47 bits per heavy atom. The highest BCUT2D eigenvalue weighted by Crippen LogP contribution is 2.41. The Kier molecular flexibility index (Phi) is 5.04. The molecule has 0 bridgehead atoms. The summed E-state index contributed by atoms with van der Waals surface area (Å²) in [6, 6.07) is 15.3. The van der Waals surface area contributed by atoms with Crippen molar-refractivity contribution in [3.8, 4) is 17.0 Å². The van der Waals surface area contributed by atoms with Gasteiger partial charge in [0.1, 0.15) is 11.6 Å². The lowest BCUT2D eigenvalue weighted by atomic mass is 9.85. The SMILES string of the molecule is COc1ccc(-c2nnc3n(c2=O)CC[C@]32CCN(C(=O)Cc3ccc(C)cc3)C2)cc1. The first-order valence-corrected chi connectivity index (χ1v) is 10.9. The zero-order valence-corrected chi connectivity index (χ0v) is 18.4. The zero-order valence-electron chi connectivity index (χ0n) is 18.4. The maximum Gasteiger partial charge on any atom is 0.280 e. The number of hydrogen-bond acceptors (Lipinski definition) is 5. The van der Waals surface area contributed by atoms with Crippen LogP contribution in [0.5, 0.6) is 5.75 Å². The van der Waals surface area contributed by atoms with Crippen molar-refractivity contribution in [3.05, 3.63) is 75.8 Å². The smallest absolute Gasteiger partial charge is 0.280 e. The highest BCUT2D eigenvalue weighted by atomic mass is 16.5. The molecule has 2 aliphatic rings. The first kappa shape index (κ1) is 20.4. The second-order valence-corrected chi connectivity index (χ2v) is 8.82. The Bertz CT molecular complexity index is 1220. The molecule has 1 fully saturated rings. The van der Waals surface area contributed by atoms with Crippen LogP contribution in [0, 0.1) is 6.92 Å². The van der Waals surface area contributed by atoms with Crippen LogP contribution in [0.25, 0.3) is 11.3 Å². The number of fused-ring (bicyclic) bond motifs is 2. The van der Waals surface area contributed by atoms with E-state index in [0.29, 0.717) is 37.6 Å². The van der Waals surface area contributed by atoms with E-state index in [9.17, 15) is 9.59 Å². The number of benzene rings is 2. The van der Waals surface area contributed by atoms with E-state index < -0.39 is 0 Å². The predicted octanol–water partition coefficient (Wildman–Crippen LogP) is 2.74. The molecule has 0 aliphatic carbocycles. The molecular weight excluding hydrogens is 404 g/mol. The third-order valence-electron chi connectivity index (χ3n) is 6.78. The molecular formula is C25H26N4O3. The van der Waals surface area contributed by atoms with Crippen LogP contribution < -0.4 is 10.3 Å². The largest absolute Gasteiger partial charge is 0.497 e. The van der Waals surface area contributed by atoms with E-state index in [1.165, 1.54) is 5.56 Å². The molecule has 3 aromatic rings. The fraction of sp³-hybridized carbons (Fsp3) is 0.360. The van der Waals surface area contributed by atoms with Gasteiger partial charge < -0.3 is 9.64 Å². The number of aromatic nitrogens is 3. The van der Waals surface area contributed by atoms with Crippen LogP contribution in [-0.2, 0) is 23.2 Å². The highest BCUT2D eigenvalue weighted by molar-refractivity contribution is 5.79. The fourth-order valence-corrected chi connectivity index (χ4v) is 4.85. The third kappa shape index (κ3) is 3.47. The molecule has 1 aromatic heterocycles. The maximum absolute atomic E-state index is 13.2. The normalized spacial score (nSPS) is 19.4. The van der Waals surface area contributed by atoms with Crippen molar-refractivity contribution >= 4 is 5.91 Å². The summed E-state index contributed by atoms with van der Waals surface area (Å²) in [5.74, 6) is 1.56. The fourth-order valence-electron chi connectivity index (χ4n) is 4.85. The Morgan fingerprint density at radius 1 is 1.03 bits per heavy atom. The van der Waals surface area contributed by atoms with Gasteiger partial charge in [-0.15, -0.1) is 10.2 Å². The average molecular weight is 431 g/mol. The number of amides is 1. The Labute approximate surface area is 186 Å². The van der Waals surface area contributed by atoms with Gasteiger partial charge in [-0.1, -0.05) is 29.8 Å². The quantitative estimate of drug-likeness (QED) is 0.636. The van der Waals surface area contributed by atoms with E-state index in [0.717, 1.165) is 29.7 Å². The summed E-state index contributed by atoms with van der Waals surface area (Å²) in [5.41, 5.74) is 2.87. The third-order valence-corrected chi connectivity index (χ3v) is 6.78. The van der Waals surface area contributed by atoms with Crippen LogP contribution in [0.4, 0.5) is 0 Å². The van der Waals surface area contributed by atoms with Crippen LogP contribution in [0.1, 0.15) is 29.8 Å². The summed E-state index contributed by atoms with van der Waals surface area (Å²) >= 11 is 0.